The summed E-state index contributed by atoms with van der Waals surface area (Å²) in [6, 6.07) is 4.66. The summed E-state index contributed by atoms with van der Waals surface area (Å²) in [5, 5.41) is 5.64. The molecule has 92 valence electrons. The molecule has 1 aromatic rings. The summed E-state index contributed by atoms with van der Waals surface area (Å²) in [5.74, 6) is 0. The van der Waals surface area contributed by atoms with Crippen molar-refractivity contribution in [3.05, 3.63) is 22.4 Å². The van der Waals surface area contributed by atoms with E-state index in [1.54, 1.807) is 18.4 Å². The molecule has 1 heterocycles. The Morgan fingerprint density at radius 3 is 2.56 bits per heavy atom. The Morgan fingerprint density at radius 2 is 2.12 bits per heavy atom. The van der Waals surface area contributed by atoms with Gasteiger partial charge >= 0.3 is 0 Å². The molecule has 0 saturated carbocycles. The molecule has 0 fully saturated rings. The number of rotatable bonds is 5. The number of thiophene rings is 1. The number of hydrogen-bond acceptors (Lipinski definition) is 3. The molecule has 0 aliphatic heterocycles. The summed E-state index contributed by atoms with van der Waals surface area (Å²) in [4.78, 5) is 1.38. The highest BCUT2D eigenvalue weighted by Crippen LogP contribution is 2.23. The first-order valence-electron chi connectivity index (χ1n) is 5.74. The van der Waals surface area contributed by atoms with Crippen LogP contribution in [0.5, 0.6) is 0 Å². The summed E-state index contributed by atoms with van der Waals surface area (Å²) < 4.78 is 5.52. The Morgan fingerprint density at radius 1 is 1.44 bits per heavy atom. The highest BCUT2D eigenvalue weighted by atomic mass is 32.1. The molecule has 3 heteroatoms. The molecule has 0 bridgehead atoms. The average Bonchev–Trinajstić information content (AvgIpc) is 2.68. The third kappa shape index (κ3) is 3.89. The monoisotopic (exact) mass is 241 g/mol. The van der Waals surface area contributed by atoms with Gasteiger partial charge in [-0.05, 0) is 23.8 Å². The second kappa shape index (κ2) is 5.80. The fourth-order valence-electron chi connectivity index (χ4n) is 1.67. The van der Waals surface area contributed by atoms with Gasteiger partial charge in [0.2, 0.25) is 0 Å². The molecule has 0 amide bonds. The van der Waals surface area contributed by atoms with Crippen LogP contribution >= 0.6 is 11.3 Å². The second-order valence-electron chi connectivity index (χ2n) is 5.24. The maximum Gasteiger partial charge on any atom is 0.0744 e. The lowest BCUT2D eigenvalue weighted by atomic mass is 9.89. The number of nitrogens with one attached hydrogen (secondary N) is 1. The molecule has 0 aliphatic rings. The van der Waals surface area contributed by atoms with E-state index in [0.29, 0.717) is 6.04 Å². The van der Waals surface area contributed by atoms with Gasteiger partial charge in [0.1, 0.15) is 0 Å². The minimum Gasteiger partial charge on any atom is -0.380 e. The molecular weight excluding hydrogens is 218 g/mol. The topological polar surface area (TPSA) is 21.3 Å². The van der Waals surface area contributed by atoms with Crippen molar-refractivity contribution in [2.45, 2.75) is 39.8 Å². The Kier molecular flexibility index (Phi) is 4.96. The van der Waals surface area contributed by atoms with Crippen LogP contribution in [-0.4, -0.2) is 19.8 Å². The van der Waals surface area contributed by atoms with Gasteiger partial charge in [0, 0.05) is 24.6 Å². The van der Waals surface area contributed by atoms with E-state index >= 15 is 0 Å². The van der Waals surface area contributed by atoms with Crippen molar-refractivity contribution in [3.8, 4) is 0 Å². The lowest BCUT2D eigenvalue weighted by molar-refractivity contribution is 0.0160. The van der Waals surface area contributed by atoms with Gasteiger partial charge in [-0.2, -0.15) is 0 Å². The largest absolute Gasteiger partial charge is 0.380 e. The molecule has 16 heavy (non-hydrogen) atoms. The molecular formula is C13H23NOS. The van der Waals surface area contributed by atoms with Crippen molar-refractivity contribution in [2.24, 2.45) is 5.41 Å². The van der Waals surface area contributed by atoms with Gasteiger partial charge in [-0.15, -0.1) is 11.3 Å². The maximum atomic E-state index is 5.52. The minimum absolute atomic E-state index is 0.177. The molecule has 2 unspecified atom stereocenters. The van der Waals surface area contributed by atoms with Crippen LogP contribution in [-0.2, 0) is 4.74 Å². The SMILES string of the molecule is COC(CNC(C)c1cccs1)C(C)(C)C. The van der Waals surface area contributed by atoms with E-state index in [2.05, 4.69) is 50.5 Å². The normalized spacial score (nSPS) is 16.1. The number of hydrogen-bond donors (Lipinski definition) is 1. The summed E-state index contributed by atoms with van der Waals surface area (Å²) in [7, 11) is 1.79. The molecule has 1 rings (SSSR count). The van der Waals surface area contributed by atoms with Crippen molar-refractivity contribution >= 4 is 11.3 Å². The molecule has 0 aliphatic carbocycles. The second-order valence-corrected chi connectivity index (χ2v) is 6.21. The van der Waals surface area contributed by atoms with Gasteiger partial charge in [0.05, 0.1) is 6.10 Å². The molecule has 0 spiro atoms. The Hall–Kier alpha value is -0.380. The van der Waals surface area contributed by atoms with Gasteiger partial charge in [0.25, 0.3) is 0 Å². The summed E-state index contributed by atoms with van der Waals surface area (Å²) >= 11 is 1.79. The molecule has 0 aromatic carbocycles. The first kappa shape index (κ1) is 13.7. The van der Waals surface area contributed by atoms with Crippen LogP contribution in [0.15, 0.2) is 17.5 Å². The van der Waals surface area contributed by atoms with Gasteiger partial charge in [-0.3, -0.25) is 0 Å². The highest BCUT2D eigenvalue weighted by Gasteiger charge is 2.24. The van der Waals surface area contributed by atoms with Crippen LogP contribution in [0, 0.1) is 5.41 Å². The number of ether oxygens (including phenoxy) is 1. The van der Waals surface area contributed by atoms with E-state index in [4.69, 9.17) is 4.74 Å². The average molecular weight is 241 g/mol. The van der Waals surface area contributed by atoms with Crippen LogP contribution in [0.25, 0.3) is 0 Å². The van der Waals surface area contributed by atoms with Crippen LogP contribution in [0.3, 0.4) is 0 Å². The molecule has 2 atom stereocenters. The Bertz CT molecular complexity index is 289. The van der Waals surface area contributed by atoms with Crippen LogP contribution in [0.4, 0.5) is 0 Å². The zero-order chi connectivity index (χ0) is 12.2. The van der Waals surface area contributed by atoms with E-state index < -0.39 is 0 Å². The first-order valence-corrected chi connectivity index (χ1v) is 6.62. The van der Waals surface area contributed by atoms with Crippen molar-refractivity contribution < 1.29 is 4.74 Å². The summed E-state index contributed by atoms with van der Waals surface area (Å²) in [6.07, 6.45) is 0.245. The van der Waals surface area contributed by atoms with Crippen LogP contribution in [0.2, 0.25) is 0 Å². The smallest absolute Gasteiger partial charge is 0.0744 e. The Balaban J connectivity index is 2.44. The lowest BCUT2D eigenvalue weighted by Crippen LogP contribution is -2.38. The number of methoxy groups -OCH3 is 1. The standard InChI is InChI=1S/C13H23NOS/c1-10(11-7-6-8-16-11)14-9-12(15-5)13(2,3)4/h6-8,10,12,14H,9H2,1-5H3. The van der Waals surface area contributed by atoms with Gasteiger partial charge in [-0.25, -0.2) is 0 Å². The molecule has 2 nitrogen and oxygen atoms in total. The fraction of sp³-hybridized carbons (Fsp3) is 0.692. The third-order valence-corrected chi connectivity index (χ3v) is 3.88. The molecule has 1 N–H and O–H groups in total. The van der Waals surface area contributed by atoms with Gasteiger partial charge in [0.15, 0.2) is 0 Å². The fourth-order valence-corrected chi connectivity index (χ4v) is 2.42. The Labute approximate surface area is 103 Å². The van der Waals surface area contributed by atoms with Crippen LogP contribution < -0.4 is 5.32 Å². The molecule has 0 radical (unpaired) electrons. The van der Waals surface area contributed by atoms with E-state index in [0.717, 1.165) is 6.54 Å². The first-order chi connectivity index (χ1) is 7.45. The third-order valence-electron chi connectivity index (χ3n) is 2.83. The predicted octanol–water partition coefficient (Wildman–Crippen LogP) is 3.46. The van der Waals surface area contributed by atoms with Gasteiger partial charge in [-0.1, -0.05) is 26.8 Å². The van der Waals surface area contributed by atoms with Crippen molar-refractivity contribution in [2.75, 3.05) is 13.7 Å². The van der Waals surface area contributed by atoms with Crippen molar-refractivity contribution in [1.29, 1.82) is 0 Å². The van der Waals surface area contributed by atoms with E-state index in [1.165, 1.54) is 4.88 Å². The van der Waals surface area contributed by atoms with Crippen LogP contribution in [0.1, 0.15) is 38.6 Å². The predicted molar refractivity (Wildman–Crippen MR) is 71.0 cm³/mol. The molecule has 0 saturated heterocycles. The zero-order valence-electron chi connectivity index (χ0n) is 10.9. The quantitative estimate of drug-likeness (QED) is 0.852. The summed E-state index contributed by atoms with van der Waals surface area (Å²) in [6.45, 7) is 9.70. The van der Waals surface area contributed by atoms with Crippen molar-refractivity contribution in [3.63, 3.8) is 0 Å². The van der Waals surface area contributed by atoms with Crippen molar-refractivity contribution in [1.82, 2.24) is 5.32 Å². The molecule has 1 aromatic heterocycles. The van der Waals surface area contributed by atoms with Gasteiger partial charge < -0.3 is 10.1 Å². The minimum atomic E-state index is 0.177. The van der Waals surface area contributed by atoms with E-state index in [9.17, 15) is 0 Å². The lowest BCUT2D eigenvalue weighted by Gasteiger charge is -2.30. The van der Waals surface area contributed by atoms with E-state index in [1.807, 2.05) is 0 Å². The summed E-state index contributed by atoms with van der Waals surface area (Å²) in [5.41, 5.74) is 0.177. The highest BCUT2D eigenvalue weighted by molar-refractivity contribution is 7.10. The maximum absolute atomic E-state index is 5.52. The van der Waals surface area contributed by atoms with E-state index in [-0.39, 0.29) is 11.5 Å². The zero-order valence-corrected chi connectivity index (χ0v) is 11.7.